The monoisotopic (exact) mass is 264 g/mol. The van der Waals surface area contributed by atoms with Crippen molar-refractivity contribution in [3.8, 4) is 11.5 Å². The van der Waals surface area contributed by atoms with Crippen molar-refractivity contribution in [1.82, 2.24) is 19.9 Å². The lowest BCUT2D eigenvalue weighted by atomic mass is 10.2. The zero-order valence-electron chi connectivity index (χ0n) is 8.18. The molecule has 4 nitrogen and oxygen atoms in total. The van der Waals surface area contributed by atoms with E-state index in [1.807, 2.05) is 6.92 Å². The second-order valence-corrected chi connectivity index (χ2v) is 3.61. The van der Waals surface area contributed by atoms with Crippen LogP contribution < -0.4 is 0 Å². The first kappa shape index (κ1) is 10.2. The third-order valence-electron chi connectivity index (χ3n) is 2.01. The molecule has 0 saturated carbocycles. The molecule has 2 aromatic heterocycles. The number of rotatable bonds is 2. The molecule has 2 heterocycles. The van der Waals surface area contributed by atoms with Gasteiger partial charge in [-0.05, 0) is 18.6 Å². The Morgan fingerprint density at radius 1 is 1.33 bits per heavy atom. The van der Waals surface area contributed by atoms with Gasteiger partial charge in [0.05, 0.1) is 5.69 Å². The Bertz CT molecular complexity index is 458. The number of aryl methyl sites for hydroxylation is 1. The fraction of sp³-hybridized carbons (Fsp3) is 0.200. The van der Waals surface area contributed by atoms with Gasteiger partial charge in [0.25, 0.3) is 0 Å². The van der Waals surface area contributed by atoms with Crippen LogP contribution in [0.1, 0.15) is 11.3 Å². The first-order valence-electron chi connectivity index (χ1n) is 4.46. The molecule has 0 aliphatic rings. The van der Waals surface area contributed by atoms with Crippen LogP contribution in [0, 0.1) is 6.92 Å². The molecular weight excluding hydrogens is 256 g/mol. The van der Waals surface area contributed by atoms with E-state index >= 15 is 0 Å². The molecule has 0 atom stereocenters. The first-order valence-corrected chi connectivity index (χ1v) is 5.58. The molecule has 15 heavy (non-hydrogen) atoms. The Morgan fingerprint density at radius 2 is 2.20 bits per heavy atom. The highest BCUT2D eigenvalue weighted by molar-refractivity contribution is 9.08. The normalized spacial score (nSPS) is 10.3. The molecule has 2 aromatic rings. The van der Waals surface area contributed by atoms with Crippen molar-refractivity contribution in [2.24, 2.45) is 0 Å². The molecule has 0 aliphatic carbocycles. The second-order valence-electron chi connectivity index (χ2n) is 3.05. The van der Waals surface area contributed by atoms with Gasteiger partial charge in [-0.15, -0.1) is 0 Å². The average molecular weight is 265 g/mol. The fourth-order valence-electron chi connectivity index (χ4n) is 1.16. The van der Waals surface area contributed by atoms with Gasteiger partial charge in [0.15, 0.2) is 5.82 Å². The summed E-state index contributed by atoms with van der Waals surface area (Å²) in [4.78, 5) is 16.6. The number of halogens is 1. The highest BCUT2D eigenvalue weighted by Crippen LogP contribution is 2.14. The maximum atomic E-state index is 4.41. The van der Waals surface area contributed by atoms with Gasteiger partial charge in [0, 0.05) is 17.7 Å². The van der Waals surface area contributed by atoms with Crippen LogP contribution in [0.25, 0.3) is 11.5 Å². The Hall–Kier alpha value is -1.36. The number of alkyl halides is 1. The lowest BCUT2D eigenvalue weighted by Gasteiger charge is -2.03. The molecule has 0 fully saturated rings. The summed E-state index contributed by atoms with van der Waals surface area (Å²) < 4.78 is 0. The van der Waals surface area contributed by atoms with Gasteiger partial charge in [0.2, 0.25) is 0 Å². The van der Waals surface area contributed by atoms with E-state index in [1.54, 1.807) is 18.5 Å². The SMILES string of the molecule is Cc1cnc(-c2ccncn2)nc1CBr. The van der Waals surface area contributed by atoms with Crippen LogP contribution in [0.15, 0.2) is 24.8 Å². The summed E-state index contributed by atoms with van der Waals surface area (Å²) in [5.41, 5.74) is 2.80. The van der Waals surface area contributed by atoms with Crippen LogP contribution in [0.2, 0.25) is 0 Å². The van der Waals surface area contributed by atoms with Gasteiger partial charge < -0.3 is 0 Å². The summed E-state index contributed by atoms with van der Waals surface area (Å²) in [6.07, 6.45) is 4.98. The quantitative estimate of drug-likeness (QED) is 0.780. The third-order valence-corrected chi connectivity index (χ3v) is 2.55. The molecule has 0 amide bonds. The molecule has 0 aliphatic heterocycles. The molecule has 76 valence electrons. The van der Waals surface area contributed by atoms with E-state index in [1.165, 1.54) is 6.33 Å². The Labute approximate surface area is 96.0 Å². The second kappa shape index (κ2) is 4.44. The minimum absolute atomic E-state index is 0.637. The zero-order chi connectivity index (χ0) is 10.7. The van der Waals surface area contributed by atoms with Crippen molar-refractivity contribution in [1.29, 1.82) is 0 Å². The minimum atomic E-state index is 0.637. The van der Waals surface area contributed by atoms with Crippen LogP contribution in [-0.4, -0.2) is 19.9 Å². The molecule has 0 unspecified atom stereocenters. The molecule has 0 bridgehead atoms. The topological polar surface area (TPSA) is 51.6 Å². The summed E-state index contributed by atoms with van der Waals surface area (Å²) in [6, 6.07) is 1.79. The van der Waals surface area contributed by atoms with Crippen LogP contribution in [0.3, 0.4) is 0 Å². The number of hydrogen-bond acceptors (Lipinski definition) is 4. The van der Waals surface area contributed by atoms with Crippen molar-refractivity contribution in [2.75, 3.05) is 0 Å². The Morgan fingerprint density at radius 3 is 2.87 bits per heavy atom. The number of hydrogen-bond donors (Lipinski definition) is 0. The molecule has 0 N–H and O–H groups in total. The summed E-state index contributed by atoms with van der Waals surface area (Å²) in [6.45, 7) is 1.99. The first-order chi connectivity index (χ1) is 7.31. The number of nitrogens with zero attached hydrogens (tertiary/aromatic N) is 4. The van der Waals surface area contributed by atoms with Crippen LogP contribution >= 0.6 is 15.9 Å². The molecule has 5 heteroatoms. The maximum Gasteiger partial charge on any atom is 0.178 e. The van der Waals surface area contributed by atoms with Gasteiger partial charge in [-0.2, -0.15) is 0 Å². The van der Waals surface area contributed by atoms with Crippen LogP contribution in [-0.2, 0) is 5.33 Å². The van der Waals surface area contributed by atoms with Crippen molar-refractivity contribution in [3.63, 3.8) is 0 Å². The highest BCUT2D eigenvalue weighted by Gasteiger charge is 2.05. The standard InChI is InChI=1S/C10H9BrN4/c1-7-5-13-10(15-9(7)4-11)8-2-3-12-6-14-8/h2-3,5-6H,4H2,1H3. The van der Waals surface area contributed by atoms with Crippen LogP contribution in [0.5, 0.6) is 0 Å². The average Bonchev–Trinajstić information content (AvgIpc) is 2.31. The van der Waals surface area contributed by atoms with Crippen molar-refractivity contribution in [3.05, 3.63) is 36.0 Å². The van der Waals surface area contributed by atoms with E-state index in [9.17, 15) is 0 Å². The van der Waals surface area contributed by atoms with Crippen molar-refractivity contribution < 1.29 is 0 Å². The Balaban J connectivity index is 2.46. The Kier molecular flexibility index (Phi) is 3.01. The summed E-state index contributed by atoms with van der Waals surface area (Å²) in [5.74, 6) is 0.637. The van der Waals surface area contributed by atoms with Gasteiger partial charge in [-0.25, -0.2) is 19.9 Å². The molecule has 2 rings (SSSR count). The van der Waals surface area contributed by atoms with E-state index in [2.05, 4.69) is 35.9 Å². The third kappa shape index (κ3) is 2.18. The predicted molar refractivity (Wildman–Crippen MR) is 60.4 cm³/mol. The van der Waals surface area contributed by atoms with E-state index in [0.29, 0.717) is 5.82 Å². The summed E-state index contributed by atoms with van der Waals surface area (Å²) >= 11 is 3.39. The fourth-order valence-corrected chi connectivity index (χ4v) is 1.73. The molecule has 0 spiro atoms. The van der Waals surface area contributed by atoms with Crippen molar-refractivity contribution in [2.45, 2.75) is 12.3 Å². The van der Waals surface area contributed by atoms with Gasteiger partial charge in [0.1, 0.15) is 12.0 Å². The molecule has 0 radical (unpaired) electrons. The minimum Gasteiger partial charge on any atom is -0.245 e. The lowest BCUT2D eigenvalue weighted by Crippen LogP contribution is -1.97. The largest absolute Gasteiger partial charge is 0.245 e. The lowest BCUT2D eigenvalue weighted by molar-refractivity contribution is 1.04. The van der Waals surface area contributed by atoms with Gasteiger partial charge in [-0.1, -0.05) is 15.9 Å². The van der Waals surface area contributed by atoms with Gasteiger partial charge in [-0.3, -0.25) is 0 Å². The maximum absolute atomic E-state index is 4.41. The van der Waals surface area contributed by atoms with E-state index in [0.717, 1.165) is 22.3 Å². The van der Waals surface area contributed by atoms with Crippen molar-refractivity contribution >= 4 is 15.9 Å². The van der Waals surface area contributed by atoms with E-state index < -0.39 is 0 Å². The predicted octanol–water partition coefficient (Wildman–Crippen LogP) is 2.14. The number of aromatic nitrogens is 4. The molecule has 0 aromatic carbocycles. The zero-order valence-corrected chi connectivity index (χ0v) is 9.77. The molecular formula is C10H9BrN4. The highest BCUT2D eigenvalue weighted by atomic mass is 79.9. The summed E-state index contributed by atoms with van der Waals surface area (Å²) in [7, 11) is 0. The van der Waals surface area contributed by atoms with E-state index in [4.69, 9.17) is 0 Å². The molecule has 0 saturated heterocycles. The smallest absolute Gasteiger partial charge is 0.178 e. The van der Waals surface area contributed by atoms with Gasteiger partial charge >= 0.3 is 0 Å². The summed E-state index contributed by atoms with van der Waals surface area (Å²) in [5, 5.41) is 0.722. The van der Waals surface area contributed by atoms with E-state index in [-0.39, 0.29) is 0 Å². The van der Waals surface area contributed by atoms with Crippen LogP contribution in [0.4, 0.5) is 0 Å².